The highest BCUT2D eigenvalue weighted by Crippen LogP contribution is 2.39. The average molecular weight is 352 g/mol. The van der Waals surface area contributed by atoms with E-state index in [0.717, 1.165) is 17.8 Å². The van der Waals surface area contributed by atoms with E-state index in [2.05, 4.69) is 0 Å². The van der Waals surface area contributed by atoms with E-state index in [1.807, 2.05) is 6.92 Å². The summed E-state index contributed by atoms with van der Waals surface area (Å²) in [5.41, 5.74) is -0.784. The molecular formula is C13H18ClNO4S2. The molecule has 1 aromatic rings. The number of thiophene rings is 1. The van der Waals surface area contributed by atoms with E-state index >= 15 is 0 Å². The van der Waals surface area contributed by atoms with E-state index in [4.69, 9.17) is 11.6 Å². The Morgan fingerprint density at radius 3 is 2.48 bits per heavy atom. The highest BCUT2D eigenvalue weighted by molar-refractivity contribution is 7.91. The van der Waals surface area contributed by atoms with Gasteiger partial charge < -0.3 is 5.11 Å². The van der Waals surface area contributed by atoms with Crippen LogP contribution in [-0.4, -0.2) is 36.9 Å². The molecule has 118 valence electrons. The molecule has 0 saturated carbocycles. The van der Waals surface area contributed by atoms with Crippen molar-refractivity contribution in [3.05, 3.63) is 16.5 Å². The second-order valence-corrected chi connectivity index (χ2v) is 9.18. The van der Waals surface area contributed by atoms with Gasteiger partial charge in [-0.2, -0.15) is 4.31 Å². The number of carboxylic acid groups (broad SMARTS) is 1. The van der Waals surface area contributed by atoms with Gasteiger partial charge in [0.15, 0.2) is 0 Å². The minimum Gasteiger partial charge on any atom is -0.481 e. The highest BCUT2D eigenvalue weighted by atomic mass is 35.5. The largest absolute Gasteiger partial charge is 0.481 e. The summed E-state index contributed by atoms with van der Waals surface area (Å²) in [5, 5.41) is 9.45. The molecule has 1 fully saturated rings. The number of carbonyl (C=O) groups is 1. The lowest BCUT2D eigenvalue weighted by molar-refractivity contribution is -0.152. The minimum atomic E-state index is -3.56. The van der Waals surface area contributed by atoms with Crippen LogP contribution in [0.3, 0.4) is 0 Å². The molecule has 2 rings (SSSR count). The molecule has 1 aliphatic rings. The van der Waals surface area contributed by atoms with Crippen molar-refractivity contribution < 1.29 is 18.3 Å². The smallest absolute Gasteiger partial charge is 0.309 e. The zero-order chi connectivity index (χ0) is 15.7. The quantitative estimate of drug-likeness (QED) is 0.884. The summed E-state index contributed by atoms with van der Waals surface area (Å²) in [5.74, 6) is -0.819. The summed E-state index contributed by atoms with van der Waals surface area (Å²) >= 11 is 6.82. The van der Waals surface area contributed by atoms with Gasteiger partial charge in [0.1, 0.15) is 4.21 Å². The number of nitrogens with zero attached hydrogens (tertiary/aromatic N) is 1. The first kappa shape index (κ1) is 16.7. The molecule has 5 nitrogen and oxygen atoms in total. The van der Waals surface area contributed by atoms with Crippen LogP contribution in [0.4, 0.5) is 0 Å². The van der Waals surface area contributed by atoms with Crippen LogP contribution in [0, 0.1) is 5.41 Å². The lowest BCUT2D eigenvalue weighted by atomic mass is 9.75. The maximum Gasteiger partial charge on any atom is 0.309 e. The summed E-state index contributed by atoms with van der Waals surface area (Å²) < 4.78 is 26.9. The molecule has 0 aromatic carbocycles. The van der Waals surface area contributed by atoms with Crippen molar-refractivity contribution in [3.63, 3.8) is 0 Å². The molecule has 0 amide bonds. The third-order valence-electron chi connectivity index (χ3n) is 4.00. The van der Waals surface area contributed by atoms with Gasteiger partial charge in [0.05, 0.1) is 9.75 Å². The van der Waals surface area contributed by atoms with Gasteiger partial charge in [-0.05, 0) is 31.4 Å². The molecule has 21 heavy (non-hydrogen) atoms. The van der Waals surface area contributed by atoms with E-state index < -0.39 is 21.4 Å². The molecule has 0 bridgehead atoms. The number of hydrogen-bond acceptors (Lipinski definition) is 4. The van der Waals surface area contributed by atoms with Crippen molar-refractivity contribution in [2.24, 2.45) is 5.41 Å². The second kappa shape index (κ2) is 6.24. The fraction of sp³-hybridized carbons (Fsp3) is 0.615. The Kier molecular flexibility index (Phi) is 4.97. The van der Waals surface area contributed by atoms with Crippen molar-refractivity contribution >= 4 is 38.9 Å². The fourth-order valence-electron chi connectivity index (χ4n) is 2.77. The average Bonchev–Trinajstić information content (AvgIpc) is 2.87. The Hall–Kier alpha value is -0.630. The van der Waals surface area contributed by atoms with Gasteiger partial charge in [0, 0.05) is 13.1 Å². The maximum absolute atomic E-state index is 12.5. The fourth-order valence-corrected chi connectivity index (χ4v) is 5.85. The SMILES string of the molecule is CCCC1(C(=O)O)CCN(S(=O)(=O)c2ccc(Cl)s2)CC1. The van der Waals surface area contributed by atoms with Gasteiger partial charge in [-0.15, -0.1) is 11.3 Å². The minimum absolute atomic E-state index is 0.214. The number of halogens is 1. The summed E-state index contributed by atoms with van der Waals surface area (Å²) in [6.07, 6.45) is 2.07. The van der Waals surface area contributed by atoms with Gasteiger partial charge in [0.25, 0.3) is 10.0 Å². The first-order valence-corrected chi connectivity index (χ1v) is 9.44. The highest BCUT2D eigenvalue weighted by Gasteiger charge is 2.43. The molecule has 0 radical (unpaired) electrons. The van der Waals surface area contributed by atoms with Gasteiger partial charge >= 0.3 is 5.97 Å². The molecule has 0 aliphatic carbocycles. The van der Waals surface area contributed by atoms with Crippen molar-refractivity contribution in [1.82, 2.24) is 4.31 Å². The Balaban J connectivity index is 2.15. The predicted molar refractivity (Wildman–Crippen MR) is 82.3 cm³/mol. The lowest BCUT2D eigenvalue weighted by Gasteiger charge is -2.37. The number of aliphatic carboxylic acids is 1. The molecule has 1 aliphatic heterocycles. The Morgan fingerprint density at radius 2 is 2.05 bits per heavy atom. The number of hydrogen-bond donors (Lipinski definition) is 1. The topological polar surface area (TPSA) is 74.7 Å². The van der Waals surface area contributed by atoms with Gasteiger partial charge in [-0.1, -0.05) is 24.9 Å². The molecule has 8 heteroatoms. The second-order valence-electron chi connectivity index (χ2n) is 5.30. The summed E-state index contributed by atoms with van der Waals surface area (Å²) in [6, 6.07) is 3.05. The van der Waals surface area contributed by atoms with E-state index in [1.54, 1.807) is 6.07 Å². The first-order valence-electron chi connectivity index (χ1n) is 6.81. The Bertz CT molecular complexity index is 618. The normalized spacial score (nSPS) is 19.5. The van der Waals surface area contributed by atoms with Gasteiger partial charge in [-0.25, -0.2) is 8.42 Å². The zero-order valence-electron chi connectivity index (χ0n) is 11.7. The van der Waals surface area contributed by atoms with Crippen LogP contribution in [0.2, 0.25) is 4.34 Å². The molecule has 1 saturated heterocycles. The molecule has 0 atom stereocenters. The zero-order valence-corrected chi connectivity index (χ0v) is 14.1. The third kappa shape index (κ3) is 3.26. The number of carboxylic acids is 1. The van der Waals surface area contributed by atoms with E-state index in [-0.39, 0.29) is 17.3 Å². The molecule has 1 aromatic heterocycles. The standard InChI is InChI=1S/C13H18ClNO4S2/c1-2-5-13(12(16)17)6-8-15(9-7-13)21(18,19)11-4-3-10(14)20-11/h3-4H,2,5-9H2,1H3,(H,16,17). The van der Waals surface area contributed by atoms with Crippen LogP contribution in [0.1, 0.15) is 32.6 Å². The van der Waals surface area contributed by atoms with Crippen molar-refractivity contribution in [2.75, 3.05) is 13.1 Å². The molecule has 0 unspecified atom stereocenters. The van der Waals surface area contributed by atoms with Crippen LogP contribution in [0.5, 0.6) is 0 Å². The maximum atomic E-state index is 12.5. The van der Waals surface area contributed by atoms with E-state index in [1.165, 1.54) is 10.4 Å². The van der Waals surface area contributed by atoms with Gasteiger partial charge in [0.2, 0.25) is 0 Å². The van der Waals surface area contributed by atoms with Crippen molar-refractivity contribution in [1.29, 1.82) is 0 Å². The Labute approximate surface area is 133 Å². The van der Waals surface area contributed by atoms with Gasteiger partial charge in [-0.3, -0.25) is 4.79 Å². The molecule has 2 heterocycles. The van der Waals surface area contributed by atoms with E-state index in [0.29, 0.717) is 23.6 Å². The first-order chi connectivity index (χ1) is 9.82. The number of rotatable bonds is 5. The number of sulfonamides is 1. The third-order valence-corrected chi connectivity index (χ3v) is 7.60. The van der Waals surface area contributed by atoms with Crippen molar-refractivity contribution in [2.45, 2.75) is 36.8 Å². The number of piperidine rings is 1. The molecule has 0 spiro atoms. The predicted octanol–water partition coefficient (Wildman–Crippen LogP) is 3.06. The lowest BCUT2D eigenvalue weighted by Crippen LogP contribution is -2.46. The molecule has 1 N–H and O–H groups in total. The van der Waals surface area contributed by atoms with E-state index in [9.17, 15) is 18.3 Å². The van der Waals surface area contributed by atoms with Crippen LogP contribution < -0.4 is 0 Å². The Morgan fingerprint density at radius 1 is 1.43 bits per heavy atom. The van der Waals surface area contributed by atoms with Crippen LogP contribution in [-0.2, 0) is 14.8 Å². The summed E-state index contributed by atoms with van der Waals surface area (Å²) in [7, 11) is -3.56. The van der Waals surface area contributed by atoms with Crippen LogP contribution in [0.15, 0.2) is 16.3 Å². The molecular weight excluding hydrogens is 334 g/mol. The summed E-state index contributed by atoms with van der Waals surface area (Å²) in [4.78, 5) is 11.5. The van der Waals surface area contributed by atoms with Crippen LogP contribution in [0.25, 0.3) is 0 Å². The summed E-state index contributed by atoms with van der Waals surface area (Å²) in [6.45, 7) is 2.43. The van der Waals surface area contributed by atoms with Crippen LogP contribution >= 0.6 is 22.9 Å². The monoisotopic (exact) mass is 351 g/mol. The van der Waals surface area contributed by atoms with Crippen molar-refractivity contribution in [3.8, 4) is 0 Å².